The number of anilines is 1. The fourth-order valence-corrected chi connectivity index (χ4v) is 3.76. The standard InChI is InChI=1S/C16H23N3O4S.ClH/c17-9-13-5-8-15(23-13)16(20)19-12-3-6-14(7-4-12)24(21,22)18-10-11-1-2-11;/h3-4,6-7,11,13,15,18H,1-2,5,8-10,17H2,(H,19,20);1H/t13-,15+;/m1./s1. The molecule has 1 aliphatic carbocycles. The lowest BCUT2D eigenvalue weighted by molar-refractivity contribution is -0.126. The maximum absolute atomic E-state index is 12.1. The Morgan fingerprint density at radius 2 is 1.84 bits per heavy atom. The normalized spacial score (nSPS) is 23.1. The summed E-state index contributed by atoms with van der Waals surface area (Å²) < 4.78 is 32.4. The van der Waals surface area contributed by atoms with Crippen molar-refractivity contribution < 1.29 is 17.9 Å². The van der Waals surface area contributed by atoms with Gasteiger partial charge >= 0.3 is 0 Å². The third kappa shape index (κ3) is 5.39. The molecule has 2 atom stereocenters. The van der Waals surface area contributed by atoms with Crippen molar-refractivity contribution in [3.05, 3.63) is 24.3 Å². The number of carbonyl (C=O) groups excluding carboxylic acids is 1. The average Bonchev–Trinajstić information content (AvgIpc) is 3.28. The van der Waals surface area contributed by atoms with Gasteiger partial charge in [0.15, 0.2) is 0 Å². The van der Waals surface area contributed by atoms with E-state index in [0.717, 1.165) is 19.3 Å². The Labute approximate surface area is 154 Å². The van der Waals surface area contributed by atoms with Crippen LogP contribution >= 0.6 is 12.4 Å². The number of hydrogen-bond acceptors (Lipinski definition) is 5. The van der Waals surface area contributed by atoms with Crippen LogP contribution < -0.4 is 15.8 Å². The van der Waals surface area contributed by atoms with Crippen LogP contribution in [0.2, 0.25) is 0 Å². The maximum Gasteiger partial charge on any atom is 0.253 e. The maximum atomic E-state index is 12.1. The quantitative estimate of drug-likeness (QED) is 0.649. The molecule has 1 aromatic rings. The molecular weight excluding hydrogens is 366 g/mol. The summed E-state index contributed by atoms with van der Waals surface area (Å²) in [4.78, 5) is 12.3. The molecule has 1 heterocycles. The number of amides is 1. The van der Waals surface area contributed by atoms with E-state index < -0.39 is 16.1 Å². The van der Waals surface area contributed by atoms with Crippen LogP contribution in [0.4, 0.5) is 5.69 Å². The van der Waals surface area contributed by atoms with Gasteiger partial charge in [-0.15, -0.1) is 12.4 Å². The van der Waals surface area contributed by atoms with E-state index in [0.29, 0.717) is 31.1 Å². The topological polar surface area (TPSA) is 111 Å². The number of sulfonamides is 1. The summed E-state index contributed by atoms with van der Waals surface area (Å²) in [5.74, 6) is 0.246. The summed E-state index contributed by atoms with van der Waals surface area (Å²) in [5, 5.41) is 2.75. The molecule has 1 aromatic carbocycles. The Morgan fingerprint density at radius 1 is 1.16 bits per heavy atom. The summed E-state index contributed by atoms with van der Waals surface area (Å²) in [6.07, 6.45) is 3.03. The summed E-state index contributed by atoms with van der Waals surface area (Å²) in [7, 11) is -3.49. The number of nitrogens with two attached hydrogens (primary N) is 1. The van der Waals surface area contributed by atoms with Gasteiger partial charge in [0.25, 0.3) is 5.91 Å². The Hall–Kier alpha value is -1.19. The van der Waals surface area contributed by atoms with Crippen LogP contribution in [0, 0.1) is 5.92 Å². The van der Waals surface area contributed by atoms with Gasteiger partial charge < -0.3 is 15.8 Å². The second-order valence-electron chi connectivity index (χ2n) is 6.37. The van der Waals surface area contributed by atoms with Gasteiger partial charge in [-0.05, 0) is 55.9 Å². The van der Waals surface area contributed by atoms with Crippen LogP contribution in [0.25, 0.3) is 0 Å². The van der Waals surface area contributed by atoms with Gasteiger partial charge in [0.05, 0.1) is 11.0 Å². The molecule has 0 aromatic heterocycles. The molecule has 1 saturated heterocycles. The van der Waals surface area contributed by atoms with Crippen LogP contribution in [0.3, 0.4) is 0 Å². The first-order chi connectivity index (χ1) is 11.5. The van der Waals surface area contributed by atoms with Gasteiger partial charge in [-0.25, -0.2) is 13.1 Å². The second kappa shape index (κ2) is 8.46. The van der Waals surface area contributed by atoms with Crippen molar-refractivity contribution in [1.82, 2.24) is 4.72 Å². The average molecular weight is 390 g/mol. The number of ether oxygens (including phenoxy) is 1. The van der Waals surface area contributed by atoms with Gasteiger partial charge in [0.2, 0.25) is 10.0 Å². The zero-order valence-electron chi connectivity index (χ0n) is 13.8. The van der Waals surface area contributed by atoms with Crippen molar-refractivity contribution in [2.45, 2.75) is 42.8 Å². The summed E-state index contributed by atoms with van der Waals surface area (Å²) >= 11 is 0. The van der Waals surface area contributed by atoms with Crippen LogP contribution in [0.5, 0.6) is 0 Å². The first-order valence-corrected chi connectivity index (χ1v) is 9.72. The minimum atomic E-state index is -3.49. The molecule has 3 rings (SSSR count). The Morgan fingerprint density at radius 3 is 2.40 bits per heavy atom. The molecule has 1 amide bonds. The molecule has 9 heteroatoms. The highest BCUT2D eigenvalue weighted by Crippen LogP contribution is 2.28. The molecule has 2 fully saturated rings. The number of nitrogens with one attached hydrogen (secondary N) is 2. The Kier molecular flexibility index (Phi) is 6.81. The van der Waals surface area contributed by atoms with Crippen LogP contribution in [-0.4, -0.2) is 39.6 Å². The van der Waals surface area contributed by atoms with Gasteiger partial charge in [-0.2, -0.15) is 0 Å². The predicted octanol–water partition coefficient (Wildman–Crippen LogP) is 1.24. The lowest BCUT2D eigenvalue weighted by atomic mass is 10.2. The molecule has 1 aliphatic heterocycles. The van der Waals surface area contributed by atoms with E-state index in [9.17, 15) is 13.2 Å². The minimum Gasteiger partial charge on any atom is -0.364 e. The smallest absolute Gasteiger partial charge is 0.253 e. The SMILES string of the molecule is Cl.NC[C@H]1CC[C@@H](C(=O)Nc2ccc(S(=O)(=O)NCC3CC3)cc2)O1. The van der Waals surface area contributed by atoms with Crippen molar-refractivity contribution >= 4 is 34.0 Å². The summed E-state index contributed by atoms with van der Waals surface area (Å²) in [6.45, 7) is 0.895. The molecule has 4 N–H and O–H groups in total. The summed E-state index contributed by atoms with van der Waals surface area (Å²) in [6, 6.07) is 6.14. The Balaban J connectivity index is 0.00000225. The fraction of sp³-hybridized carbons (Fsp3) is 0.562. The fourth-order valence-electron chi connectivity index (χ4n) is 2.64. The molecule has 7 nitrogen and oxygen atoms in total. The molecule has 0 spiro atoms. The molecule has 2 aliphatic rings. The van der Waals surface area contributed by atoms with Gasteiger partial charge in [0.1, 0.15) is 6.10 Å². The second-order valence-corrected chi connectivity index (χ2v) is 8.14. The summed E-state index contributed by atoms with van der Waals surface area (Å²) in [5.41, 5.74) is 6.08. The molecular formula is C16H24ClN3O4S. The molecule has 25 heavy (non-hydrogen) atoms. The number of benzene rings is 1. The van der Waals surface area contributed by atoms with Crippen molar-refractivity contribution in [2.75, 3.05) is 18.4 Å². The number of hydrogen-bond donors (Lipinski definition) is 3. The van der Waals surface area contributed by atoms with Crippen LogP contribution in [0.15, 0.2) is 29.2 Å². The van der Waals surface area contributed by atoms with E-state index in [1.807, 2.05) is 0 Å². The zero-order valence-corrected chi connectivity index (χ0v) is 15.4. The molecule has 0 radical (unpaired) electrons. The number of carbonyl (C=O) groups is 1. The van der Waals surface area contributed by atoms with Crippen molar-refractivity contribution in [1.29, 1.82) is 0 Å². The van der Waals surface area contributed by atoms with E-state index in [1.54, 1.807) is 12.1 Å². The molecule has 0 unspecified atom stereocenters. The van der Waals surface area contributed by atoms with Crippen LogP contribution in [-0.2, 0) is 19.6 Å². The van der Waals surface area contributed by atoms with Gasteiger partial charge in [0, 0.05) is 18.8 Å². The highest BCUT2D eigenvalue weighted by molar-refractivity contribution is 7.89. The third-order valence-corrected chi connectivity index (χ3v) is 5.79. The zero-order chi connectivity index (χ0) is 17.2. The van der Waals surface area contributed by atoms with Crippen molar-refractivity contribution in [3.63, 3.8) is 0 Å². The van der Waals surface area contributed by atoms with Crippen LogP contribution in [0.1, 0.15) is 25.7 Å². The lowest BCUT2D eigenvalue weighted by Gasteiger charge is -2.13. The third-order valence-electron chi connectivity index (χ3n) is 4.35. The molecule has 0 bridgehead atoms. The van der Waals surface area contributed by atoms with E-state index in [4.69, 9.17) is 10.5 Å². The first-order valence-electron chi connectivity index (χ1n) is 8.24. The van der Waals surface area contributed by atoms with E-state index >= 15 is 0 Å². The lowest BCUT2D eigenvalue weighted by Crippen LogP contribution is -2.29. The minimum absolute atomic E-state index is 0. The highest BCUT2D eigenvalue weighted by atomic mass is 35.5. The monoisotopic (exact) mass is 389 g/mol. The molecule has 140 valence electrons. The van der Waals surface area contributed by atoms with Gasteiger partial charge in [-0.3, -0.25) is 4.79 Å². The molecule has 1 saturated carbocycles. The van der Waals surface area contributed by atoms with Gasteiger partial charge in [-0.1, -0.05) is 0 Å². The van der Waals surface area contributed by atoms with Crippen molar-refractivity contribution in [3.8, 4) is 0 Å². The van der Waals surface area contributed by atoms with E-state index in [1.165, 1.54) is 12.1 Å². The number of halogens is 1. The largest absolute Gasteiger partial charge is 0.364 e. The van der Waals surface area contributed by atoms with E-state index in [2.05, 4.69) is 10.0 Å². The first kappa shape index (κ1) is 20.1. The predicted molar refractivity (Wildman–Crippen MR) is 97.2 cm³/mol. The van der Waals surface area contributed by atoms with E-state index in [-0.39, 0.29) is 29.3 Å². The van der Waals surface area contributed by atoms with Crippen molar-refractivity contribution in [2.24, 2.45) is 11.7 Å². The number of rotatable bonds is 7. The Bertz CT molecular complexity index is 692. The highest BCUT2D eigenvalue weighted by Gasteiger charge is 2.30.